The number of rotatable bonds is 5. The Balaban J connectivity index is 1.18. The van der Waals surface area contributed by atoms with Gasteiger partial charge in [-0.3, -0.25) is 0 Å². The Kier molecular flexibility index (Phi) is 6.97. The van der Waals surface area contributed by atoms with Gasteiger partial charge < -0.3 is 4.90 Å². The summed E-state index contributed by atoms with van der Waals surface area (Å²) in [6.07, 6.45) is 0. The quantitative estimate of drug-likeness (QED) is 0.172. The Bertz CT molecular complexity index is 3170. The van der Waals surface area contributed by atoms with Crippen LogP contribution in [0, 0.1) is 0 Å². The molecule has 11 rings (SSSR count). The molecule has 0 N–H and O–H groups in total. The van der Waals surface area contributed by atoms with Crippen LogP contribution in [0.5, 0.6) is 0 Å². The van der Waals surface area contributed by atoms with Crippen molar-refractivity contribution in [2.24, 2.45) is 0 Å². The van der Waals surface area contributed by atoms with Crippen LogP contribution in [0.4, 0.5) is 17.1 Å². The van der Waals surface area contributed by atoms with Gasteiger partial charge in [-0.05, 0) is 57.8 Å². The van der Waals surface area contributed by atoms with Crippen LogP contribution in [-0.4, -0.2) is 0 Å². The van der Waals surface area contributed by atoms with Crippen molar-refractivity contribution in [1.82, 2.24) is 0 Å². The van der Waals surface area contributed by atoms with Crippen molar-refractivity contribution < 1.29 is 0 Å². The van der Waals surface area contributed by atoms with E-state index >= 15 is 0 Å². The molecule has 11 aromatic rings. The van der Waals surface area contributed by atoms with Crippen LogP contribution < -0.4 is 4.90 Å². The lowest BCUT2D eigenvalue weighted by molar-refractivity contribution is 1.32. The third-order valence-corrected chi connectivity index (χ3v) is 13.2. The minimum atomic E-state index is 1.14. The van der Waals surface area contributed by atoms with E-state index in [1.165, 1.54) is 95.5 Å². The number of para-hydroxylation sites is 1. The Hall–Kier alpha value is -6.26. The molecular weight excluding hydrogens is 679 g/mol. The molecule has 248 valence electrons. The van der Waals surface area contributed by atoms with Crippen LogP contribution in [-0.2, 0) is 0 Å². The Morgan fingerprint density at radius 1 is 0.302 bits per heavy atom. The Morgan fingerprint density at radius 2 is 0.811 bits per heavy atom. The maximum absolute atomic E-state index is 2.47. The molecule has 0 atom stereocenters. The first kappa shape index (κ1) is 30.4. The molecule has 0 aliphatic carbocycles. The van der Waals surface area contributed by atoms with Crippen molar-refractivity contribution in [1.29, 1.82) is 0 Å². The predicted molar refractivity (Wildman–Crippen MR) is 233 cm³/mol. The zero-order valence-electron chi connectivity index (χ0n) is 28.7. The highest BCUT2D eigenvalue weighted by Gasteiger charge is 2.22. The minimum Gasteiger partial charge on any atom is -0.308 e. The number of benzene rings is 9. The van der Waals surface area contributed by atoms with Crippen molar-refractivity contribution in [2.45, 2.75) is 0 Å². The van der Waals surface area contributed by atoms with Gasteiger partial charge in [-0.2, -0.15) is 0 Å². The largest absolute Gasteiger partial charge is 0.308 e. The smallest absolute Gasteiger partial charge is 0.0640 e. The van der Waals surface area contributed by atoms with E-state index in [1.807, 2.05) is 22.7 Å². The van der Waals surface area contributed by atoms with Crippen LogP contribution in [0.2, 0.25) is 0 Å². The molecule has 2 aromatic heterocycles. The zero-order valence-corrected chi connectivity index (χ0v) is 30.3. The number of fused-ring (bicyclic) bond motifs is 9. The summed E-state index contributed by atoms with van der Waals surface area (Å²) in [6.45, 7) is 0. The molecule has 53 heavy (non-hydrogen) atoms. The summed E-state index contributed by atoms with van der Waals surface area (Å²) in [4.78, 5) is 2.45. The van der Waals surface area contributed by atoms with Crippen LogP contribution in [0.1, 0.15) is 0 Å². The maximum Gasteiger partial charge on any atom is 0.0640 e. The SMILES string of the molecule is c1ccc(-c2cccc3c2sc2c(-c4cc5c6cccc(N(c7ccccc7)c7cccc8ccccc78)c6sc5c5ccccc45)cccc23)cc1. The van der Waals surface area contributed by atoms with E-state index in [4.69, 9.17) is 0 Å². The lowest BCUT2D eigenvalue weighted by atomic mass is 9.94. The summed E-state index contributed by atoms with van der Waals surface area (Å²) < 4.78 is 5.29. The normalized spacial score (nSPS) is 11.8. The van der Waals surface area contributed by atoms with Crippen molar-refractivity contribution in [2.75, 3.05) is 4.90 Å². The summed E-state index contributed by atoms with van der Waals surface area (Å²) in [5, 5.41) is 10.3. The average molecular weight is 710 g/mol. The zero-order chi connectivity index (χ0) is 34.9. The monoisotopic (exact) mass is 709 g/mol. The molecular formula is C50H31NS2. The van der Waals surface area contributed by atoms with Crippen LogP contribution in [0.3, 0.4) is 0 Å². The third-order valence-electron chi connectivity index (χ3n) is 10.6. The van der Waals surface area contributed by atoms with Crippen LogP contribution >= 0.6 is 22.7 Å². The van der Waals surface area contributed by atoms with Gasteiger partial charge in [0.2, 0.25) is 0 Å². The highest BCUT2D eigenvalue weighted by atomic mass is 32.1. The molecule has 0 saturated heterocycles. The van der Waals surface area contributed by atoms with Crippen LogP contribution in [0.15, 0.2) is 188 Å². The van der Waals surface area contributed by atoms with Gasteiger partial charge in [-0.25, -0.2) is 0 Å². The molecule has 0 amide bonds. The fourth-order valence-corrected chi connectivity index (χ4v) is 11.0. The van der Waals surface area contributed by atoms with E-state index in [9.17, 15) is 0 Å². The maximum atomic E-state index is 2.47. The second kappa shape index (κ2) is 12.2. The third kappa shape index (κ3) is 4.75. The van der Waals surface area contributed by atoms with E-state index in [0.717, 1.165) is 5.69 Å². The molecule has 9 aromatic carbocycles. The molecule has 0 aliphatic heterocycles. The van der Waals surface area contributed by atoms with Gasteiger partial charge in [0.25, 0.3) is 0 Å². The number of anilines is 3. The number of thiophene rings is 2. The molecule has 0 fully saturated rings. The molecule has 0 bridgehead atoms. The van der Waals surface area contributed by atoms with Gasteiger partial charge in [0, 0.05) is 57.7 Å². The first-order valence-corrected chi connectivity index (χ1v) is 19.6. The van der Waals surface area contributed by atoms with Crippen LogP contribution in [0.25, 0.3) is 84.1 Å². The lowest BCUT2D eigenvalue weighted by Gasteiger charge is -2.27. The molecule has 1 nitrogen and oxygen atoms in total. The lowest BCUT2D eigenvalue weighted by Crippen LogP contribution is -2.10. The molecule has 0 spiro atoms. The first-order valence-electron chi connectivity index (χ1n) is 18.0. The summed E-state index contributed by atoms with van der Waals surface area (Å²) >= 11 is 3.84. The molecule has 0 radical (unpaired) electrons. The minimum absolute atomic E-state index is 1.14. The van der Waals surface area contributed by atoms with Gasteiger partial charge in [0.05, 0.1) is 16.1 Å². The average Bonchev–Trinajstić information content (AvgIpc) is 3.81. The summed E-state index contributed by atoms with van der Waals surface area (Å²) in [5.74, 6) is 0. The van der Waals surface area contributed by atoms with Gasteiger partial charge in [0.1, 0.15) is 0 Å². The first-order chi connectivity index (χ1) is 26.3. The number of hydrogen-bond donors (Lipinski definition) is 0. The molecule has 2 heterocycles. The molecule has 0 saturated carbocycles. The highest BCUT2D eigenvalue weighted by molar-refractivity contribution is 7.27. The van der Waals surface area contributed by atoms with E-state index in [2.05, 4.69) is 193 Å². The second-order valence-electron chi connectivity index (χ2n) is 13.6. The Labute approximate surface area is 315 Å². The topological polar surface area (TPSA) is 3.24 Å². The van der Waals surface area contributed by atoms with Gasteiger partial charge in [0.15, 0.2) is 0 Å². The standard InChI is InChI=1S/C50H31NS2/c1-3-15-33(16-4-1)36-24-12-25-39-40-26-13-27-41(48(40)52-47(36)39)43-31-44-42-28-14-30-46(50(42)53-49(44)38-23-10-9-22-37(38)43)51(34-19-5-2-6-20-34)45-29-11-18-32-17-7-8-21-35(32)45/h1-31H. The predicted octanol–water partition coefficient (Wildman–Crippen LogP) is 15.5. The number of hydrogen-bond acceptors (Lipinski definition) is 3. The fraction of sp³-hybridized carbons (Fsp3) is 0. The second-order valence-corrected chi connectivity index (χ2v) is 15.6. The molecule has 0 aliphatic rings. The van der Waals surface area contributed by atoms with Crippen molar-refractivity contribution in [3.05, 3.63) is 188 Å². The van der Waals surface area contributed by atoms with E-state index in [-0.39, 0.29) is 0 Å². The van der Waals surface area contributed by atoms with Gasteiger partial charge >= 0.3 is 0 Å². The van der Waals surface area contributed by atoms with Crippen molar-refractivity contribution in [3.63, 3.8) is 0 Å². The van der Waals surface area contributed by atoms with Crippen molar-refractivity contribution >= 4 is 102 Å². The van der Waals surface area contributed by atoms with E-state index < -0.39 is 0 Å². The van der Waals surface area contributed by atoms with Crippen molar-refractivity contribution in [3.8, 4) is 22.3 Å². The number of nitrogens with zero attached hydrogens (tertiary/aromatic N) is 1. The summed E-state index contributed by atoms with van der Waals surface area (Å²) in [5.41, 5.74) is 8.63. The highest BCUT2D eigenvalue weighted by Crippen LogP contribution is 2.51. The summed E-state index contributed by atoms with van der Waals surface area (Å²) in [6, 6.07) is 68.9. The fourth-order valence-electron chi connectivity index (χ4n) is 8.27. The molecule has 3 heteroatoms. The molecule has 0 unspecified atom stereocenters. The van der Waals surface area contributed by atoms with E-state index in [1.54, 1.807) is 0 Å². The van der Waals surface area contributed by atoms with Gasteiger partial charge in [-0.15, -0.1) is 22.7 Å². The summed E-state index contributed by atoms with van der Waals surface area (Å²) in [7, 11) is 0. The van der Waals surface area contributed by atoms with Gasteiger partial charge in [-0.1, -0.05) is 158 Å². The Morgan fingerprint density at radius 3 is 1.60 bits per heavy atom. The van der Waals surface area contributed by atoms with E-state index in [0.29, 0.717) is 0 Å².